The third-order valence-corrected chi connectivity index (χ3v) is 6.49. The highest BCUT2D eigenvalue weighted by Crippen LogP contribution is 2.36. The molecule has 1 heterocycles. The maximum absolute atomic E-state index is 13.6. The van der Waals surface area contributed by atoms with E-state index in [1.54, 1.807) is 28.8 Å². The number of benzene rings is 3. The molecule has 1 saturated carbocycles. The number of aryl methyl sites for hydroxylation is 1. The predicted molar refractivity (Wildman–Crippen MR) is 125 cm³/mol. The molecule has 4 aromatic rings. The van der Waals surface area contributed by atoms with Crippen LogP contribution in [0.5, 0.6) is 0 Å². The topological polar surface area (TPSA) is 35.1 Å². The van der Waals surface area contributed by atoms with E-state index in [0.29, 0.717) is 35.0 Å². The fourth-order valence-electron chi connectivity index (χ4n) is 4.48. The van der Waals surface area contributed by atoms with E-state index in [1.807, 2.05) is 0 Å². The van der Waals surface area contributed by atoms with Gasteiger partial charge in [0.15, 0.2) is 5.76 Å². The molecule has 0 radical (unpaired) electrons. The summed E-state index contributed by atoms with van der Waals surface area (Å²) in [5.41, 5.74) is 4.52. The van der Waals surface area contributed by atoms with E-state index in [1.165, 1.54) is 54.7 Å². The maximum Gasteiger partial charge on any atom is 0.419 e. The highest BCUT2D eigenvalue weighted by atomic mass is 19.1. The van der Waals surface area contributed by atoms with Crippen LogP contribution in [0.1, 0.15) is 42.7 Å². The van der Waals surface area contributed by atoms with E-state index < -0.39 is 5.76 Å². The summed E-state index contributed by atoms with van der Waals surface area (Å²) in [7, 11) is 0. The van der Waals surface area contributed by atoms with Crippen molar-refractivity contribution in [3.8, 4) is 22.6 Å². The zero-order chi connectivity index (χ0) is 22.8. The lowest BCUT2D eigenvalue weighted by Gasteiger charge is -2.26. The molecule has 0 aliphatic heterocycles. The third-order valence-electron chi connectivity index (χ3n) is 6.49. The molecule has 0 saturated heterocycles. The zero-order valence-corrected chi connectivity index (χ0v) is 18.3. The fourth-order valence-corrected chi connectivity index (χ4v) is 4.48. The van der Waals surface area contributed by atoms with Gasteiger partial charge in [0.05, 0.1) is 5.69 Å². The van der Waals surface area contributed by atoms with Crippen molar-refractivity contribution in [3.63, 3.8) is 0 Å². The van der Waals surface area contributed by atoms with Crippen molar-refractivity contribution in [1.82, 2.24) is 4.57 Å². The van der Waals surface area contributed by atoms with Gasteiger partial charge in [-0.05, 0) is 91.3 Å². The smallest absolute Gasteiger partial charge is 0.407 e. The minimum absolute atomic E-state index is 0.356. The second kappa shape index (κ2) is 9.18. The summed E-state index contributed by atoms with van der Waals surface area (Å²) in [6.07, 6.45) is 5.43. The van der Waals surface area contributed by atoms with Crippen molar-refractivity contribution >= 4 is 0 Å². The van der Waals surface area contributed by atoms with Gasteiger partial charge >= 0.3 is 5.76 Å². The van der Waals surface area contributed by atoms with Gasteiger partial charge < -0.3 is 4.42 Å². The minimum Gasteiger partial charge on any atom is -0.407 e. The number of nitrogens with zero attached hydrogens (tertiary/aromatic N) is 1. The van der Waals surface area contributed by atoms with E-state index >= 15 is 0 Å². The molecule has 33 heavy (non-hydrogen) atoms. The molecule has 0 atom stereocenters. The molecule has 1 fully saturated rings. The third kappa shape index (κ3) is 4.54. The van der Waals surface area contributed by atoms with Gasteiger partial charge in [-0.3, -0.25) is 4.57 Å². The highest BCUT2D eigenvalue weighted by molar-refractivity contribution is 5.77. The summed E-state index contributed by atoms with van der Waals surface area (Å²) in [5.74, 6) is -0.154. The van der Waals surface area contributed by atoms with Crippen LogP contribution in [-0.2, 0) is 13.0 Å². The monoisotopic (exact) mass is 445 g/mol. The molecule has 3 aromatic carbocycles. The molecule has 0 N–H and O–H groups in total. The first-order valence-corrected chi connectivity index (χ1v) is 11.4. The van der Waals surface area contributed by atoms with Gasteiger partial charge in [0.25, 0.3) is 0 Å². The van der Waals surface area contributed by atoms with Gasteiger partial charge in [-0.15, -0.1) is 0 Å². The average Bonchev–Trinajstić information content (AvgIpc) is 3.10. The van der Waals surface area contributed by atoms with Crippen LogP contribution in [0.2, 0.25) is 0 Å². The van der Waals surface area contributed by atoms with Crippen molar-refractivity contribution in [3.05, 3.63) is 106 Å². The molecular weight excluding hydrogens is 420 g/mol. The Morgan fingerprint density at radius 3 is 2.18 bits per heavy atom. The second-order valence-electron chi connectivity index (χ2n) is 8.69. The molecule has 3 nitrogen and oxygen atoms in total. The number of hydrogen-bond acceptors (Lipinski definition) is 2. The molecule has 1 aromatic heterocycles. The van der Waals surface area contributed by atoms with Crippen molar-refractivity contribution < 1.29 is 13.2 Å². The van der Waals surface area contributed by atoms with Crippen molar-refractivity contribution in [2.24, 2.45) is 0 Å². The first-order valence-electron chi connectivity index (χ1n) is 11.4. The van der Waals surface area contributed by atoms with E-state index in [2.05, 4.69) is 24.3 Å². The lowest BCUT2D eigenvalue weighted by atomic mass is 9.79. The molecule has 0 unspecified atom stereocenters. The maximum atomic E-state index is 13.6. The standard InChI is InChI=1S/C28H25F2NO2/c29-24-13-9-21(10-14-24)26-27(22-11-15-25(30)16-12-22)33-28(32)31(26)17-3-5-19-4-1-8-23(18-19)20-6-2-7-20/h1,4,8-16,18,20H,2-3,5-7,17H2. The van der Waals surface area contributed by atoms with E-state index in [9.17, 15) is 13.6 Å². The lowest BCUT2D eigenvalue weighted by Crippen LogP contribution is -2.16. The number of oxazole rings is 1. The summed E-state index contributed by atoms with van der Waals surface area (Å²) in [6, 6.07) is 20.5. The Balaban J connectivity index is 1.43. The number of halogens is 2. The number of aromatic nitrogens is 1. The van der Waals surface area contributed by atoms with Crippen LogP contribution in [-0.4, -0.2) is 4.57 Å². The van der Waals surface area contributed by atoms with Crippen LogP contribution in [0.25, 0.3) is 22.6 Å². The normalized spacial score (nSPS) is 13.8. The summed E-state index contributed by atoms with van der Waals surface area (Å²) < 4.78 is 34.2. The van der Waals surface area contributed by atoms with Gasteiger partial charge in [-0.25, -0.2) is 13.6 Å². The Morgan fingerprint density at radius 2 is 1.55 bits per heavy atom. The van der Waals surface area contributed by atoms with Crippen LogP contribution < -0.4 is 5.76 Å². The van der Waals surface area contributed by atoms with Gasteiger partial charge in [0.1, 0.15) is 11.6 Å². The van der Waals surface area contributed by atoms with E-state index in [-0.39, 0.29) is 11.6 Å². The molecule has 1 aliphatic carbocycles. The Bertz CT molecular complexity index is 1300. The van der Waals surface area contributed by atoms with Crippen LogP contribution in [0.15, 0.2) is 82.0 Å². The van der Waals surface area contributed by atoms with Crippen LogP contribution in [0.4, 0.5) is 8.78 Å². The SMILES string of the molecule is O=c1oc(-c2ccc(F)cc2)c(-c2ccc(F)cc2)n1CCCc1cccc(C2CCC2)c1. The number of rotatable bonds is 7. The van der Waals surface area contributed by atoms with E-state index in [0.717, 1.165) is 12.8 Å². The predicted octanol–water partition coefficient (Wildman–Crippen LogP) is 6.95. The average molecular weight is 446 g/mol. The Labute approximate surface area is 191 Å². The molecule has 5 heteroatoms. The minimum atomic E-state index is -0.475. The van der Waals surface area contributed by atoms with Gasteiger partial charge in [0, 0.05) is 17.7 Å². The fraction of sp³-hybridized carbons (Fsp3) is 0.250. The molecule has 5 rings (SSSR count). The first-order chi connectivity index (χ1) is 16.1. The summed E-state index contributed by atoms with van der Waals surface area (Å²) in [6.45, 7) is 0.462. The lowest BCUT2D eigenvalue weighted by molar-refractivity contribution is 0.419. The van der Waals surface area contributed by atoms with Gasteiger partial charge in [0.2, 0.25) is 0 Å². The van der Waals surface area contributed by atoms with E-state index in [4.69, 9.17) is 4.42 Å². The first kappa shape index (κ1) is 21.4. The Hall–Kier alpha value is -3.47. The Morgan fingerprint density at radius 1 is 0.879 bits per heavy atom. The highest BCUT2D eigenvalue weighted by Gasteiger charge is 2.21. The largest absolute Gasteiger partial charge is 0.419 e. The quantitative estimate of drug-likeness (QED) is 0.308. The molecule has 0 amide bonds. The van der Waals surface area contributed by atoms with Gasteiger partial charge in [-0.2, -0.15) is 0 Å². The van der Waals surface area contributed by atoms with Crippen molar-refractivity contribution in [2.75, 3.05) is 0 Å². The molecule has 0 bridgehead atoms. The molecular formula is C28H25F2NO2. The van der Waals surface area contributed by atoms with Crippen LogP contribution in [0.3, 0.4) is 0 Å². The summed E-state index contributed by atoms with van der Waals surface area (Å²) >= 11 is 0. The molecule has 0 spiro atoms. The molecule has 1 aliphatic rings. The second-order valence-corrected chi connectivity index (χ2v) is 8.69. The molecule has 168 valence electrons. The summed E-state index contributed by atoms with van der Waals surface area (Å²) in [4.78, 5) is 12.8. The van der Waals surface area contributed by atoms with Gasteiger partial charge in [-0.1, -0.05) is 30.7 Å². The zero-order valence-electron chi connectivity index (χ0n) is 18.3. The number of hydrogen-bond donors (Lipinski definition) is 0. The van der Waals surface area contributed by atoms with Crippen LogP contribution >= 0.6 is 0 Å². The van der Waals surface area contributed by atoms with Crippen LogP contribution in [0, 0.1) is 11.6 Å². The van der Waals surface area contributed by atoms with Crippen molar-refractivity contribution in [1.29, 1.82) is 0 Å². The Kier molecular flexibility index (Phi) is 5.95. The summed E-state index contributed by atoms with van der Waals surface area (Å²) in [5, 5.41) is 0. The van der Waals surface area contributed by atoms with Crippen molar-refractivity contribution in [2.45, 2.75) is 44.6 Å².